The van der Waals surface area contributed by atoms with E-state index < -0.39 is 0 Å². The monoisotopic (exact) mass is 496 g/mol. The van der Waals surface area contributed by atoms with E-state index in [-0.39, 0.29) is 0 Å². The first-order chi connectivity index (χ1) is 18.3. The average Bonchev–Trinajstić information content (AvgIpc) is 2.93. The number of benzene rings is 3. The number of quaternary nitrogens is 1. The van der Waals surface area contributed by atoms with Crippen LogP contribution in [0.3, 0.4) is 0 Å². The van der Waals surface area contributed by atoms with E-state index in [1.807, 2.05) is 0 Å². The molecule has 3 aromatic carbocycles. The molecule has 0 spiro atoms. The molecule has 0 fully saturated rings. The van der Waals surface area contributed by atoms with Gasteiger partial charge in [0, 0.05) is 16.7 Å². The first-order valence-corrected chi connectivity index (χ1v) is 14.9. The zero-order chi connectivity index (χ0) is 25.9. The molecule has 0 unspecified atom stereocenters. The summed E-state index contributed by atoms with van der Waals surface area (Å²) in [6.07, 6.45) is 19.6. The van der Waals surface area contributed by atoms with Gasteiger partial charge in [0.15, 0.2) is 0 Å². The molecule has 0 aliphatic heterocycles. The Hall–Kier alpha value is -2.64. The summed E-state index contributed by atoms with van der Waals surface area (Å²) in [7, 11) is 0. The molecule has 37 heavy (non-hydrogen) atoms. The van der Waals surface area contributed by atoms with Crippen molar-refractivity contribution >= 4 is 0 Å². The molecule has 0 atom stereocenters. The summed E-state index contributed by atoms with van der Waals surface area (Å²) in [6.45, 7) is 6.59. The molecule has 0 radical (unpaired) electrons. The van der Waals surface area contributed by atoms with Gasteiger partial charge in [-0.2, -0.15) is 0 Å². The van der Waals surface area contributed by atoms with Crippen LogP contribution in [0.4, 0.5) is 0 Å². The Kier molecular flexibility index (Phi) is 13.9. The quantitative estimate of drug-likeness (QED) is 0.0879. The summed E-state index contributed by atoms with van der Waals surface area (Å²) in [6, 6.07) is 33.4. The Labute approximate surface area is 227 Å². The second kappa shape index (κ2) is 17.8. The summed E-state index contributed by atoms with van der Waals surface area (Å²) in [5.74, 6) is 0. The molecule has 0 aliphatic carbocycles. The van der Waals surface area contributed by atoms with Gasteiger partial charge in [-0.05, 0) is 32.6 Å². The molecule has 0 bridgehead atoms. The number of allylic oxidation sites excluding steroid dienone is 2. The smallest absolute Gasteiger partial charge is 0.105 e. The van der Waals surface area contributed by atoms with E-state index in [9.17, 15) is 0 Å². The van der Waals surface area contributed by atoms with Crippen molar-refractivity contribution in [3.8, 4) is 0 Å². The third-order valence-electron chi connectivity index (χ3n) is 7.57. The van der Waals surface area contributed by atoms with E-state index in [4.69, 9.17) is 0 Å². The zero-order valence-corrected chi connectivity index (χ0v) is 23.4. The first-order valence-electron chi connectivity index (χ1n) is 14.9. The van der Waals surface area contributed by atoms with Crippen LogP contribution in [0.25, 0.3) is 0 Å². The first kappa shape index (κ1) is 28.9. The van der Waals surface area contributed by atoms with E-state index in [1.54, 1.807) is 0 Å². The molecule has 0 aliphatic rings. The maximum atomic E-state index is 2.31. The molecule has 198 valence electrons. The van der Waals surface area contributed by atoms with Crippen LogP contribution in [-0.4, -0.2) is 11.0 Å². The fraction of sp³-hybridized carbons (Fsp3) is 0.444. The molecule has 0 aromatic heterocycles. The molecule has 0 saturated heterocycles. The van der Waals surface area contributed by atoms with E-state index >= 15 is 0 Å². The molecule has 1 nitrogen and oxygen atoms in total. The highest BCUT2D eigenvalue weighted by Crippen LogP contribution is 2.26. The molecule has 3 aromatic rings. The molecular weight excluding hydrogens is 446 g/mol. The lowest BCUT2D eigenvalue weighted by Crippen LogP contribution is -2.46. The second-order valence-electron chi connectivity index (χ2n) is 10.9. The van der Waals surface area contributed by atoms with E-state index in [1.165, 1.54) is 93.9 Å². The van der Waals surface area contributed by atoms with Crippen LogP contribution < -0.4 is 0 Å². The molecule has 3 rings (SSSR count). The van der Waals surface area contributed by atoms with E-state index in [0.29, 0.717) is 0 Å². The Morgan fingerprint density at radius 1 is 0.459 bits per heavy atom. The van der Waals surface area contributed by atoms with Crippen molar-refractivity contribution in [3.05, 3.63) is 120 Å². The van der Waals surface area contributed by atoms with Crippen molar-refractivity contribution in [2.45, 2.75) is 97.2 Å². The van der Waals surface area contributed by atoms with E-state index in [2.05, 4.69) is 110 Å². The largest absolute Gasteiger partial charge is 0.312 e. The van der Waals surface area contributed by atoms with Gasteiger partial charge < -0.3 is 4.48 Å². The van der Waals surface area contributed by atoms with Crippen LogP contribution in [0, 0.1) is 0 Å². The van der Waals surface area contributed by atoms with Crippen molar-refractivity contribution in [2.24, 2.45) is 0 Å². The van der Waals surface area contributed by atoms with Crippen LogP contribution in [0.2, 0.25) is 0 Å². The molecular formula is C36H50N+. The van der Waals surface area contributed by atoms with Gasteiger partial charge >= 0.3 is 0 Å². The van der Waals surface area contributed by atoms with Crippen LogP contribution in [0.5, 0.6) is 0 Å². The van der Waals surface area contributed by atoms with Crippen molar-refractivity contribution in [2.75, 3.05) is 6.54 Å². The van der Waals surface area contributed by atoms with Crippen molar-refractivity contribution in [1.82, 2.24) is 0 Å². The minimum Gasteiger partial charge on any atom is -0.312 e. The predicted octanol–water partition coefficient (Wildman–Crippen LogP) is 10.3. The number of hydrogen-bond donors (Lipinski definition) is 0. The fourth-order valence-corrected chi connectivity index (χ4v) is 5.61. The molecule has 1 heteroatoms. The molecule has 0 heterocycles. The maximum absolute atomic E-state index is 2.31. The Morgan fingerprint density at radius 2 is 0.811 bits per heavy atom. The lowest BCUT2D eigenvalue weighted by atomic mass is 10.0. The second-order valence-corrected chi connectivity index (χ2v) is 10.9. The van der Waals surface area contributed by atoms with Crippen LogP contribution in [-0.2, 0) is 19.6 Å². The highest BCUT2D eigenvalue weighted by Gasteiger charge is 2.28. The third kappa shape index (κ3) is 12.0. The minimum absolute atomic E-state index is 1.08. The Morgan fingerprint density at radius 3 is 1.19 bits per heavy atom. The average molecular weight is 497 g/mol. The maximum Gasteiger partial charge on any atom is 0.105 e. The third-order valence-corrected chi connectivity index (χ3v) is 7.57. The molecule has 0 N–H and O–H groups in total. The van der Waals surface area contributed by atoms with Crippen LogP contribution >= 0.6 is 0 Å². The molecule has 0 amide bonds. The number of nitrogens with zero attached hydrogens (tertiary/aromatic N) is 1. The highest BCUT2D eigenvalue weighted by molar-refractivity contribution is 5.17. The number of rotatable bonds is 19. The minimum atomic E-state index is 1.08. The fourth-order valence-electron chi connectivity index (χ4n) is 5.61. The van der Waals surface area contributed by atoms with Gasteiger partial charge in [-0.1, -0.05) is 148 Å². The normalized spacial score (nSPS) is 11.8. The predicted molar refractivity (Wildman–Crippen MR) is 161 cm³/mol. The SMILES string of the molecule is C/C=C/CCCCCCCCCCCC[N+](Cc1ccccc1)(Cc1ccccc1)Cc1ccccc1. The van der Waals surface area contributed by atoms with Crippen LogP contribution in [0.15, 0.2) is 103 Å². The lowest BCUT2D eigenvalue weighted by molar-refractivity contribution is -0.966. The summed E-state index contributed by atoms with van der Waals surface area (Å²) >= 11 is 0. The Balaban J connectivity index is 1.53. The lowest BCUT2D eigenvalue weighted by Gasteiger charge is -2.39. The zero-order valence-electron chi connectivity index (χ0n) is 23.4. The van der Waals surface area contributed by atoms with Gasteiger partial charge in [-0.15, -0.1) is 0 Å². The topological polar surface area (TPSA) is 0 Å². The van der Waals surface area contributed by atoms with Gasteiger partial charge in [0.2, 0.25) is 0 Å². The summed E-state index contributed by atoms with van der Waals surface area (Å²) in [5.41, 5.74) is 4.33. The molecule has 0 saturated carbocycles. The summed E-state index contributed by atoms with van der Waals surface area (Å²) in [4.78, 5) is 0. The summed E-state index contributed by atoms with van der Waals surface area (Å²) < 4.78 is 1.09. The standard InChI is InChI=1S/C36H50N/c1-2-3-4-5-6-7-8-9-10-11-12-13-23-30-37(31-34-24-17-14-18-25-34,32-35-26-19-15-20-27-35)33-36-28-21-16-22-29-36/h2-3,14-22,24-29H,4-13,23,30-33H2,1H3/q+1/b3-2+. The highest BCUT2D eigenvalue weighted by atomic mass is 15.3. The summed E-state index contributed by atoms with van der Waals surface area (Å²) in [5, 5.41) is 0. The van der Waals surface area contributed by atoms with E-state index in [0.717, 1.165) is 24.1 Å². The number of hydrogen-bond acceptors (Lipinski definition) is 0. The van der Waals surface area contributed by atoms with Gasteiger partial charge in [0.1, 0.15) is 19.6 Å². The van der Waals surface area contributed by atoms with Gasteiger partial charge in [0.25, 0.3) is 0 Å². The van der Waals surface area contributed by atoms with Gasteiger partial charge in [-0.25, -0.2) is 0 Å². The Bertz CT molecular complexity index is 860. The number of unbranched alkanes of at least 4 members (excludes halogenated alkanes) is 10. The van der Waals surface area contributed by atoms with Crippen molar-refractivity contribution in [3.63, 3.8) is 0 Å². The van der Waals surface area contributed by atoms with Crippen molar-refractivity contribution in [1.29, 1.82) is 0 Å². The van der Waals surface area contributed by atoms with Gasteiger partial charge in [-0.3, -0.25) is 0 Å². The van der Waals surface area contributed by atoms with Gasteiger partial charge in [0.05, 0.1) is 6.54 Å². The van der Waals surface area contributed by atoms with Crippen LogP contribution in [0.1, 0.15) is 94.2 Å². The van der Waals surface area contributed by atoms with Crippen molar-refractivity contribution < 1.29 is 4.48 Å².